The molecule has 2 saturated heterocycles. The van der Waals surface area contributed by atoms with Crippen LogP contribution in [0.15, 0.2) is 24.3 Å². The summed E-state index contributed by atoms with van der Waals surface area (Å²) >= 11 is 0. The molecule has 7 nitrogen and oxygen atoms in total. The third-order valence-electron chi connectivity index (χ3n) is 5.68. The Bertz CT molecular complexity index is 685. The van der Waals surface area contributed by atoms with Crippen molar-refractivity contribution in [3.05, 3.63) is 29.8 Å². The first-order valence-electron chi connectivity index (χ1n) is 9.87. The highest BCUT2D eigenvalue weighted by atomic mass is 16.5. The van der Waals surface area contributed by atoms with Crippen LogP contribution in [0.25, 0.3) is 0 Å². The predicted octanol–water partition coefficient (Wildman–Crippen LogP) is 1.49. The molecule has 0 saturated carbocycles. The van der Waals surface area contributed by atoms with Gasteiger partial charge in [0.25, 0.3) is 0 Å². The average Bonchev–Trinajstić information content (AvgIpc) is 2.85. The largest absolute Gasteiger partial charge is 0.497 e. The molecular formula is C21H30N2O5. The van der Waals surface area contributed by atoms with E-state index in [2.05, 4.69) is 0 Å². The van der Waals surface area contributed by atoms with E-state index in [0.29, 0.717) is 65.1 Å². The lowest BCUT2D eigenvalue weighted by molar-refractivity contribution is -0.141. The zero-order valence-corrected chi connectivity index (χ0v) is 16.8. The summed E-state index contributed by atoms with van der Waals surface area (Å²) in [5.41, 5.74) is 0.505. The molecule has 7 heteroatoms. The van der Waals surface area contributed by atoms with Crippen LogP contribution in [0.1, 0.15) is 24.8 Å². The highest BCUT2D eigenvalue weighted by Gasteiger charge is 2.41. The maximum Gasteiger partial charge on any atom is 0.226 e. The molecule has 2 heterocycles. The van der Waals surface area contributed by atoms with Crippen molar-refractivity contribution in [2.75, 3.05) is 53.6 Å². The summed E-state index contributed by atoms with van der Waals surface area (Å²) < 4.78 is 16.4. The Hall–Kier alpha value is -2.12. The van der Waals surface area contributed by atoms with Gasteiger partial charge in [-0.05, 0) is 30.5 Å². The molecule has 2 fully saturated rings. The van der Waals surface area contributed by atoms with E-state index in [-0.39, 0.29) is 11.8 Å². The second kappa shape index (κ2) is 9.39. The molecule has 0 aliphatic carbocycles. The Morgan fingerprint density at radius 3 is 2.71 bits per heavy atom. The molecule has 0 aromatic heterocycles. The van der Waals surface area contributed by atoms with Crippen LogP contribution in [0.4, 0.5) is 0 Å². The number of rotatable bonds is 6. The van der Waals surface area contributed by atoms with Gasteiger partial charge in [-0.2, -0.15) is 0 Å². The number of nitrogens with zero attached hydrogens (tertiary/aromatic N) is 2. The van der Waals surface area contributed by atoms with Gasteiger partial charge in [0, 0.05) is 33.3 Å². The van der Waals surface area contributed by atoms with Crippen molar-refractivity contribution in [1.29, 1.82) is 0 Å². The molecular weight excluding hydrogens is 360 g/mol. The zero-order valence-electron chi connectivity index (χ0n) is 16.8. The monoisotopic (exact) mass is 390 g/mol. The minimum Gasteiger partial charge on any atom is -0.497 e. The van der Waals surface area contributed by atoms with Crippen molar-refractivity contribution < 1.29 is 23.8 Å². The summed E-state index contributed by atoms with van der Waals surface area (Å²) in [6.45, 7) is 3.50. The van der Waals surface area contributed by atoms with Crippen molar-refractivity contribution in [2.24, 2.45) is 0 Å². The van der Waals surface area contributed by atoms with Crippen LogP contribution in [0.5, 0.6) is 5.75 Å². The molecule has 2 amide bonds. The van der Waals surface area contributed by atoms with Gasteiger partial charge in [-0.3, -0.25) is 9.59 Å². The third kappa shape index (κ3) is 5.02. The molecule has 2 aliphatic rings. The summed E-state index contributed by atoms with van der Waals surface area (Å²) in [5, 5.41) is 0. The first-order valence-corrected chi connectivity index (χ1v) is 9.87. The van der Waals surface area contributed by atoms with Gasteiger partial charge in [-0.15, -0.1) is 0 Å². The first-order chi connectivity index (χ1) is 13.5. The summed E-state index contributed by atoms with van der Waals surface area (Å²) in [4.78, 5) is 29.0. The summed E-state index contributed by atoms with van der Waals surface area (Å²) in [6.07, 6.45) is 2.13. The lowest BCUT2D eigenvalue weighted by Gasteiger charge is -2.40. The van der Waals surface area contributed by atoms with Gasteiger partial charge in [0.1, 0.15) is 5.75 Å². The highest BCUT2D eigenvalue weighted by Crippen LogP contribution is 2.32. The lowest BCUT2D eigenvalue weighted by Crippen LogP contribution is -2.49. The number of carbonyl (C=O) groups excluding carboxylic acids is 2. The van der Waals surface area contributed by atoms with Gasteiger partial charge in [0.15, 0.2) is 0 Å². The fourth-order valence-corrected chi connectivity index (χ4v) is 3.93. The number of likely N-dealkylation sites (tertiary alicyclic amines) is 1. The molecule has 2 aliphatic heterocycles. The fraction of sp³-hybridized carbons (Fsp3) is 0.619. The normalized spacial score (nSPS) is 19.6. The van der Waals surface area contributed by atoms with Crippen molar-refractivity contribution in [2.45, 2.75) is 31.3 Å². The minimum absolute atomic E-state index is 0.102. The van der Waals surface area contributed by atoms with E-state index < -0.39 is 5.60 Å². The number of hydrogen-bond acceptors (Lipinski definition) is 5. The van der Waals surface area contributed by atoms with Crippen LogP contribution in [-0.2, 0) is 25.5 Å². The molecule has 0 bridgehead atoms. The van der Waals surface area contributed by atoms with Gasteiger partial charge in [-0.1, -0.05) is 12.1 Å². The SMILES string of the molecule is COCCN1CCOC2(CCN(C(=O)Cc3cccc(OC)c3)CC2)CC1=O. The molecule has 3 rings (SSSR count). The average molecular weight is 390 g/mol. The van der Waals surface area contributed by atoms with Crippen LogP contribution >= 0.6 is 0 Å². The summed E-state index contributed by atoms with van der Waals surface area (Å²) in [5.74, 6) is 0.974. The highest BCUT2D eigenvalue weighted by molar-refractivity contribution is 5.79. The van der Waals surface area contributed by atoms with E-state index >= 15 is 0 Å². The van der Waals surface area contributed by atoms with Crippen LogP contribution in [0.3, 0.4) is 0 Å². The minimum atomic E-state index is -0.439. The van der Waals surface area contributed by atoms with Gasteiger partial charge in [0.2, 0.25) is 11.8 Å². The number of hydrogen-bond donors (Lipinski definition) is 0. The molecule has 0 atom stereocenters. The molecule has 1 spiro atoms. The summed E-state index contributed by atoms with van der Waals surface area (Å²) in [7, 11) is 3.26. The Morgan fingerprint density at radius 1 is 1.21 bits per heavy atom. The Balaban J connectivity index is 1.54. The molecule has 1 aromatic rings. The molecule has 0 radical (unpaired) electrons. The second-order valence-electron chi connectivity index (χ2n) is 7.49. The summed E-state index contributed by atoms with van der Waals surface area (Å²) in [6, 6.07) is 7.60. The molecule has 1 aromatic carbocycles. The van der Waals surface area contributed by atoms with Gasteiger partial charge >= 0.3 is 0 Å². The number of amides is 2. The fourth-order valence-electron chi connectivity index (χ4n) is 3.93. The molecule has 0 unspecified atom stereocenters. The van der Waals surface area contributed by atoms with E-state index in [4.69, 9.17) is 14.2 Å². The molecule has 0 N–H and O–H groups in total. The van der Waals surface area contributed by atoms with E-state index in [1.54, 1.807) is 14.2 Å². The van der Waals surface area contributed by atoms with Crippen molar-refractivity contribution >= 4 is 11.8 Å². The van der Waals surface area contributed by atoms with E-state index in [0.717, 1.165) is 11.3 Å². The van der Waals surface area contributed by atoms with Gasteiger partial charge in [0.05, 0.1) is 38.8 Å². The van der Waals surface area contributed by atoms with Crippen molar-refractivity contribution in [3.8, 4) is 5.75 Å². The maximum absolute atomic E-state index is 12.7. The Morgan fingerprint density at radius 2 is 2.00 bits per heavy atom. The second-order valence-corrected chi connectivity index (χ2v) is 7.49. The molecule has 154 valence electrons. The number of ether oxygens (including phenoxy) is 3. The van der Waals surface area contributed by atoms with Crippen molar-refractivity contribution in [3.63, 3.8) is 0 Å². The molecule has 28 heavy (non-hydrogen) atoms. The number of piperidine rings is 1. The lowest BCUT2D eigenvalue weighted by atomic mass is 9.87. The Labute approximate surface area is 166 Å². The quantitative estimate of drug-likeness (QED) is 0.736. The van der Waals surface area contributed by atoms with E-state index in [1.165, 1.54) is 0 Å². The van der Waals surface area contributed by atoms with Gasteiger partial charge < -0.3 is 24.0 Å². The maximum atomic E-state index is 12.7. The van der Waals surface area contributed by atoms with Crippen LogP contribution in [0, 0.1) is 0 Å². The Kier molecular flexibility index (Phi) is 6.91. The third-order valence-corrected chi connectivity index (χ3v) is 5.68. The smallest absolute Gasteiger partial charge is 0.226 e. The first kappa shape index (κ1) is 20.6. The predicted molar refractivity (Wildman–Crippen MR) is 104 cm³/mol. The van der Waals surface area contributed by atoms with Crippen LogP contribution < -0.4 is 4.74 Å². The van der Waals surface area contributed by atoms with E-state index in [9.17, 15) is 9.59 Å². The zero-order chi connectivity index (χ0) is 20.0. The van der Waals surface area contributed by atoms with Gasteiger partial charge in [-0.25, -0.2) is 0 Å². The standard InChI is InChI=1S/C21H30N2O5/c1-26-12-10-23-11-13-28-21(16-20(23)25)6-8-22(9-7-21)19(24)15-17-4-3-5-18(14-17)27-2/h3-5,14H,6-13,15-16H2,1-2H3. The number of benzene rings is 1. The van der Waals surface area contributed by atoms with Crippen molar-refractivity contribution in [1.82, 2.24) is 9.80 Å². The number of methoxy groups -OCH3 is 2. The van der Waals surface area contributed by atoms with Crippen LogP contribution in [-0.4, -0.2) is 80.8 Å². The van der Waals surface area contributed by atoms with E-state index in [1.807, 2.05) is 34.1 Å². The topological polar surface area (TPSA) is 68.3 Å². The van der Waals surface area contributed by atoms with Crippen LogP contribution in [0.2, 0.25) is 0 Å². The number of carbonyl (C=O) groups is 2.